The van der Waals surface area contributed by atoms with Crippen molar-refractivity contribution < 1.29 is 9.53 Å². The van der Waals surface area contributed by atoms with Gasteiger partial charge in [-0.1, -0.05) is 33.1 Å². The van der Waals surface area contributed by atoms with Crippen LogP contribution >= 0.6 is 0 Å². The van der Waals surface area contributed by atoms with E-state index < -0.39 is 0 Å². The molecule has 94 valence electrons. The molecule has 0 aromatic carbocycles. The Kier molecular flexibility index (Phi) is 4.78. The Balaban J connectivity index is 2.38. The van der Waals surface area contributed by atoms with Gasteiger partial charge in [0.2, 0.25) is 0 Å². The Labute approximate surface area is 98.7 Å². The zero-order chi connectivity index (χ0) is 12.2. The molecular formula is C13H25NO2. The second kappa shape index (κ2) is 5.67. The van der Waals surface area contributed by atoms with Crippen molar-refractivity contribution >= 4 is 5.97 Å². The average molecular weight is 227 g/mol. The van der Waals surface area contributed by atoms with Crippen LogP contribution in [0.1, 0.15) is 59.3 Å². The molecule has 1 fully saturated rings. The number of carbonyl (C=O) groups is 1. The first-order chi connectivity index (χ1) is 7.43. The zero-order valence-corrected chi connectivity index (χ0v) is 10.8. The molecule has 0 amide bonds. The molecule has 1 rings (SSSR count). The van der Waals surface area contributed by atoms with Gasteiger partial charge in [-0.3, -0.25) is 4.79 Å². The molecule has 16 heavy (non-hydrogen) atoms. The van der Waals surface area contributed by atoms with Gasteiger partial charge in [0.25, 0.3) is 0 Å². The molecule has 0 radical (unpaired) electrons. The lowest BCUT2D eigenvalue weighted by Gasteiger charge is -2.33. The molecule has 1 saturated carbocycles. The highest BCUT2D eigenvalue weighted by Crippen LogP contribution is 2.29. The maximum atomic E-state index is 11.7. The van der Waals surface area contributed by atoms with Crippen molar-refractivity contribution in [1.82, 2.24) is 0 Å². The van der Waals surface area contributed by atoms with Crippen LogP contribution in [0.2, 0.25) is 0 Å². The van der Waals surface area contributed by atoms with Crippen molar-refractivity contribution in [2.75, 3.05) is 0 Å². The number of esters is 1. The van der Waals surface area contributed by atoms with E-state index in [4.69, 9.17) is 10.5 Å². The standard InChI is InChI=1S/C13H25NO2/c1-10(2)11(3)16-12(15)9-13(14)7-5-4-6-8-13/h10-11H,4-9,14H2,1-3H3. The van der Waals surface area contributed by atoms with Crippen LogP contribution in [0, 0.1) is 5.92 Å². The Morgan fingerprint density at radius 3 is 2.31 bits per heavy atom. The lowest BCUT2D eigenvalue weighted by Crippen LogP contribution is -2.44. The molecule has 0 heterocycles. The number of hydrogen-bond acceptors (Lipinski definition) is 3. The molecule has 0 aromatic rings. The summed E-state index contributed by atoms with van der Waals surface area (Å²) in [6.07, 6.45) is 5.81. The third kappa shape index (κ3) is 4.12. The fraction of sp³-hybridized carbons (Fsp3) is 0.923. The van der Waals surface area contributed by atoms with E-state index in [-0.39, 0.29) is 17.6 Å². The third-order valence-electron chi connectivity index (χ3n) is 3.60. The van der Waals surface area contributed by atoms with Gasteiger partial charge in [-0.2, -0.15) is 0 Å². The topological polar surface area (TPSA) is 52.3 Å². The highest BCUT2D eigenvalue weighted by Gasteiger charge is 2.31. The summed E-state index contributed by atoms with van der Waals surface area (Å²) in [6.45, 7) is 6.04. The van der Waals surface area contributed by atoms with Gasteiger partial charge in [0.15, 0.2) is 0 Å². The predicted octanol–water partition coefficient (Wildman–Crippen LogP) is 2.63. The van der Waals surface area contributed by atoms with Crippen molar-refractivity contribution in [3.05, 3.63) is 0 Å². The van der Waals surface area contributed by atoms with Gasteiger partial charge in [0, 0.05) is 5.54 Å². The molecule has 3 nitrogen and oxygen atoms in total. The highest BCUT2D eigenvalue weighted by molar-refractivity contribution is 5.71. The van der Waals surface area contributed by atoms with Crippen LogP contribution in [0.15, 0.2) is 0 Å². The van der Waals surface area contributed by atoms with E-state index >= 15 is 0 Å². The van der Waals surface area contributed by atoms with Gasteiger partial charge in [-0.15, -0.1) is 0 Å². The van der Waals surface area contributed by atoms with Gasteiger partial charge in [0.1, 0.15) is 6.10 Å². The SMILES string of the molecule is CC(C)C(C)OC(=O)CC1(N)CCCCC1. The van der Waals surface area contributed by atoms with Gasteiger partial charge < -0.3 is 10.5 Å². The first kappa shape index (κ1) is 13.5. The normalized spacial score (nSPS) is 21.8. The van der Waals surface area contributed by atoms with Crippen molar-refractivity contribution in [3.8, 4) is 0 Å². The molecule has 1 aliphatic carbocycles. The van der Waals surface area contributed by atoms with Gasteiger partial charge in [-0.25, -0.2) is 0 Å². The maximum Gasteiger partial charge on any atom is 0.307 e. The smallest absolute Gasteiger partial charge is 0.307 e. The molecule has 1 aliphatic rings. The Bertz CT molecular complexity index is 232. The van der Waals surface area contributed by atoms with E-state index in [0.29, 0.717) is 12.3 Å². The molecule has 0 spiro atoms. The fourth-order valence-electron chi connectivity index (χ4n) is 2.11. The van der Waals surface area contributed by atoms with E-state index in [1.165, 1.54) is 6.42 Å². The first-order valence-electron chi connectivity index (χ1n) is 6.41. The zero-order valence-electron chi connectivity index (χ0n) is 10.8. The minimum atomic E-state index is -0.300. The summed E-state index contributed by atoms with van der Waals surface area (Å²) in [6, 6.07) is 0. The monoisotopic (exact) mass is 227 g/mol. The first-order valence-corrected chi connectivity index (χ1v) is 6.41. The quantitative estimate of drug-likeness (QED) is 0.751. The molecule has 3 heteroatoms. The van der Waals surface area contributed by atoms with E-state index in [9.17, 15) is 4.79 Å². The van der Waals surface area contributed by atoms with Crippen LogP contribution in [0.3, 0.4) is 0 Å². The molecule has 0 bridgehead atoms. The van der Waals surface area contributed by atoms with E-state index in [0.717, 1.165) is 25.7 Å². The number of ether oxygens (including phenoxy) is 1. The van der Waals surface area contributed by atoms with Crippen molar-refractivity contribution in [2.24, 2.45) is 11.7 Å². The minimum Gasteiger partial charge on any atom is -0.462 e. The molecule has 0 aliphatic heterocycles. The summed E-state index contributed by atoms with van der Waals surface area (Å²) in [7, 11) is 0. The van der Waals surface area contributed by atoms with Gasteiger partial charge >= 0.3 is 5.97 Å². The van der Waals surface area contributed by atoms with Crippen LogP contribution in [-0.4, -0.2) is 17.6 Å². The lowest BCUT2D eigenvalue weighted by atomic mass is 9.80. The second-order valence-corrected chi connectivity index (χ2v) is 5.54. The van der Waals surface area contributed by atoms with Crippen LogP contribution in [0.5, 0.6) is 0 Å². The third-order valence-corrected chi connectivity index (χ3v) is 3.60. The van der Waals surface area contributed by atoms with E-state index in [1.807, 2.05) is 6.92 Å². The summed E-state index contributed by atoms with van der Waals surface area (Å²) in [5.74, 6) is 0.231. The Morgan fingerprint density at radius 1 is 1.25 bits per heavy atom. The molecule has 0 saturated heterocycles. The van der Waals surface area contributed by atoms with Crippen molar-refractivity contribution in [1.29, 1.82) is 0 Å². The van der Waals surface area contributed by atoms with E-state index in [1.54, 1.807) is 0 Å². The molecular weight excluding hydrogens is 202 g/mol. The Hall–Kier alpha value is -0.570. The van der Waals surface area contributed by atoms with E-state index in [2.05, 4.69) is 13.8 Å². The second-order valence-electron chi connectivity index (χ2n) is 5.54. The number of nitrogens with two attached hydrogens (primary N) is 1. The summed E-state index contributed by atoms with van der Waals surface area (Å²) in [5, 5.41) is 0. The molecule has 0 aromatic heterocycles. The van der Waals surface area contributed by atoms with Crippen LogP contribution in [0.4, 0.5) is 0 Å². The van der Waals surface area contributed by atoms with Crippen LogP contribution in [0.25, 0.3) is 0 Å². The Morgan fingerprint density at radius 2 is 1.81 bits per heavy atom. The summed E-state index contributed by atoms with van der Waals surface area (Å²) < 4.78 is 5.36. The van der Waals surface area contributed by atoms with Gasteiger partial charge in [-0.05, 0) is 25.7 Å². The summed E-state index contributed by atoms with van der Waals surface area (Å²) in [5.41, 5.74) is 5.91. The summed E-state index contributed by atoms with van der Waals surface area (Å²) >= 11 is 0. The lowest BCUT2D eigenvalue weighted by molar-refractivity contribution is -0.152. The average Bonchev–Trinajstić information content (AvgIpc) is 2.17. The molecule has 2 N–H and O–H groups in total. The fourth-order valence-corrected chi connectivity index (χ4v) is 2.11. The van der Waals surface area contributed by atoms with Gasteiger partial charge in [0.05, 0.1) is 6.42 Å². The molecule has 1 atom stereocenters. The number of carbonyl (C=O) groups excluding carboxylic acids is 1. The maximum absolute atomic E-state index is 11.7. The van der Waals surface area contributed by atoms with Crippen molar-refractivity contribution in [2.45, 2.75) is 70.9 Å². The van der Waals surface area contributed by atoms with Crippen LogP contribution < -0.4 is 5.73 Å². The van der Waals surface area contributed by atoms with Crippen molar-refractivity contribution in [3.63, 3.8) is 0 Å². The highest BCUT2D eigenvalue weighted by atomic mass is 16.5. The largest absolute Gasteiger partial charge is 0.462 e. The number of rotatable bonds is 4. The number of hydrogen-bond donors (Lipinski definition) is 1. The minimum absolute atomic E-state index is 0.0142. The summed E-state index contributed by atoms with van der Waals surface area (Å²) in [4.78, 5) is 11.7. The molecule has 1 unspecified atom stereocenters. The predicted molar refractivity (Wildman–Crippen MR) is 65.0 cm³/mol. The van der Waals surface area contributed by atoms with Crippen LogP contribution in [-0.2, 0) is 9.53 Å².